The van der Waals surface area contributed by atoms with Gasteiger partial charge in [0.15, 0.2) is 0 Å². The fraction of sp³-hybridized carbons (Fsp3) is 0.471. The van der Waals surface area contributed by atoms with E-state index < -0.39 is 23.8 Å². The van der Waals surface area contributed by atoms with Gasteiger partial charge in [-0.15, -0.1) is 5.06 Å². The van der Waals surface area contributed by atoms with Crippen LogP contribution in [0, 0.1) is 0 Å². The van der Waals surface area contributed by atoms with Gasteiger partial charge in [-0.2, -0.15) is 13.2 Å². The largest absolute Gasteiger partial charge is 0.475 e. The molecule has 4 nitrogen and oxygen atoms in total. The van der Waals surface area contributed by atoms with Gasteiger partial charge < -0.3 is 9.57 Å². The van der Waals surface area contributed by atoms with Crippen molar-refractivity contribution in [1.29, 1.82) is 0 Å². The lowest BCUT2D eigenvalue weighted by Gasteiger charge is -2.31. The quantitative estimate of drug-likeness (QED) is 0.758. The Bertz CT molecular complexity index is 636. The van der Waals surface area contributed by atoms with Crippen molar-refractivity contribution in [3.63, 3.8) is 0 Å². The topological polar surface area (TPSA) is 38.8 Å². The summed E-state index contributed by atoms with van der Waals surface area (Å²) in [6, 6.07) is 6.40. The van der Waals surface area contributed by atoms with Crippen LogP contribution in [0.4, 0.5) is 13.2 Å². The molecule has 1 aromatic rings. The Labute approximate surface area is 138 Å². The predicted molar refractivity (Wildman–Crippen MR) is 83.1 cm³/mol. The van der Waals surface area contributed by atoms with E-state index in [1.807, 2.05) is 0 Å². The third-order valence-corrected chi connectivity index (χ3v) is 3.83. The minimum Gasteiger partial charge on any atom is -0.475 e. The van der Waals surface area contributed by atoms with Crippen LogP contribution in [-0.2, 0) is 9.63 Å². The molecule has 132 valence electrons. The van der Waals surface area contributed by atoms with Crippen LogP contribution in [-0.4, -0.2) is 36.4 Å². The number of hydrogen-bond acceptors (Lipinski definition) is 4. The molecule has 1 aliphatic heterocycles. The lowest BCUT2D eigenvalue weighted by Crippen LogP contribution is -2.43. The molecule has 0 saturated carbocycles. The number of benzene rings is 1. The van der Waals surface area contributed by atoms with Crippen molar-refractivity contribution in [2.75, 3.05) is 13.1 Å². The zero-order valence-corrected chi connectivity index (χ0v) is 13.8. The van der Waals surface area contributed by atoms with Gasteiger partial charge in [0.1, 0.15) is 5.75 Å². The summed E-state index contributed by atoms with van der Waals surface area (Å²) >= 11 is 0. The molecule has 0 amide bonds. The second kappa shape index (κ2) is 7.25. The molecule has 1 aliphatic rings. The van der Waals surface area contributed by atoms with Crippen LogP contribution >= 0.6 is 0 Å². The first-order valence-electron chi connectivity index (χ1n) is 7.86. The molecule has 0 N–H and O–H groups in total. The number of carbonyl (C=O) groups is 1. The van der Waals surface area contributed by atoms with Crippen molar-refractivity contribution < 1.29 is 27.5 Å². The molecular weight excluding hydrogens is 323 g/mol. The third-order valence-electron chi connectivity index (χ3n) is 3.83. The van der Waals surface area contributed by atoms with Gasteiger partial charge in [-0.05, 0) is 31.9 Å². The van der Waals surface area contributed by atoms with Gasteiger partial charge in [0.05, 0.1) is 5.57 Å². The minimum atomic E-state index is -4.72. The molecule has 7 heteroatoms. The number of carbonyl (C=O) groups excluding carboxylic acids is 1. The smallest absolute Gasteiger partial charge is 0.430 e. The summed E-state index contributed by atoms with van der Waals surface area (Å²) in [5, 5.41) is 1.30. The summed E-state index contributed by atoms with van der Waals surface area (Å²) in [4.78, 5) is 17.6. The highest BCUT2D eigenvalue weighted by molar-refractivity contribution is 6.00. The van der Waals surface area contributed by atoms with Crippen molar-refractivity contribution in [3.8, 4) is 5.75 Å². The zero-order valence-electron chi connectivity index (χ0n) is 13.8. The second-order valence-electron chi connectivity index (χ2n) is 5.27. The van der Waals surface area contributed by atoms with Crippen molar-refractivity contribution in [2.45, 2.75) is 39.5 Å². The summed E-state index contributed by atoms with van der Waals surface area (Å²) in [6.07, 6.45) is -6.79. The Hall–Kier alpha value is -2.02. The number of nitrogens with zero attached hydrogens (tertiary/aromatic N) is 1. The number of para-hydroxylation sites is 1. The maximum atomic E-state index is 13.5. The molecule has 1 heterocycles. The lowest BCUT2D eigenvalue weighted by atomic mass is 9.91. The fourth-order valence-electron chi connectivity index (χ4n) is 2.67. The summed E-state index contributed by atoms with van der Waals surface area (Å²) in [6.45, 7) is 5.96. The Kier molecular flexibility index (Phi) is 5.54. The molecule has 0 saturated heterocycles. The predicted octanol–water partition coefficient (Wildman–Crippen LogP) is 3.97. The van der Waals surface area contributed by atoms with Crippen LogP contribution in [0.25, 0.3) is 5.57 Å². The molecule has 1 aromatic carbocycles. The number of halogens is 3. The highest BCUT2D eigenvalue weighted by atomic mass is 19.4. The van der Waals surface area contributed by atoms with Crippen molar-refractivity contribution in [1.82, 2.24) is 5.06 Å². The Balaban J connectivity index is 2.54. The maximum Gasteiger partial charge on any atom is 0.430 e. The van der Waals surface area contributed by atoms with Gasteiger partial charge >= 0.3 is 12.1 Å². The normalized spacial score (nSPS) is 17.5. The third kappa shape index (κ3) is 3.56. The number of fused-ring (bicyclic) bond motifs is 1. The minimum absolute atomic E-state index is 0.121. The van der Waals surface area contributed by atoms with Gasteiger partial charge in [-0.3, -0.25) is 0 Å². The molecule has 0 aliphatic carbocycles. The number of allylic oxidation sites excluding steroid dienone is 1. The van der Waals surface area contributed by atoms with E-state index in [2.05, 4.69) is 0 Å². The Morgan fingerprint density at radius 1 is 1.21 bits per heavy atom. The van der Waals surface area contributed by atoms with Crippen LogP contribution < -0.4 is 4.74 Å². The standard InChI is InChI=1S/C17H20F3NO3/c1-4-11-12-9-7-8-10-13(12)23-15(17(18,19)20)14(11)16(22)24-21(5-2)6-3/h7-10,15H,4-6H2,1-3H3. The SMILES string of the molecule is CCC1=C(C(=O)ON(CC)CC)C(C(F)(F)F)Oc2ccccc21. The molecule has 0 bridgehead atoms. The van der Waals surface area contributed by atoms with Crippen molar-refractivity contribution in [2.24, 2.45) is 0 Å². The van der Waals surface area contributed by atoms with Gasteiger partial charge in [0.2, 0.25) is 6.10 Å². The molecule has 0 aromatic heterocycles. The number of hydrogen-bond donors (Lipinski definition) is 0. The molecule has 1 unspecified atom stereocenters. The van der Waals surface area contributed by atoms with Gasteiger partial charge in [0.25, 0.3) is 0 Å². The van der Waals surface area contributed by atoms with E-state index in [4.69, 9.17) is 9.57 Å². The monoisotopic (exact) mass is 343 g/mol. The summed E-state index contributed by atoms with van der Waals surface area (Å²) in [5.74, 6) is -0.900. The summed E-state index contributed by atoms with van der Waals surface area (Å²) < 4.78 is 45.5. The Morgan fingerprint density at radius 3 is 2.38 bits per heavy atom. The van der Waals surface area contributed by atoms with E-state index in [0.29, 0.717) is 24.2 Å². The van der Waals surface area contributed by atoms with Crippen LogP contribution in [0.3, 0.4) is 0 Å². The van der Waals surface area contributed by atoms with Gasteiger partial charge in [-0.1, -0.05) is 25.1 Å². The fourth-order valence-corrected chi connectivity index (χ4v) is 2.67. The molecule has 0 spiro atoms. The van der Waals surface area contributed by atoms with Crippen LogP contribution in [0.1, 0.15) is 32.8 Å². The van der Waals surface area contributed by atoms with Gasteiger partial charge in [0, 0.05) is 18.7 Å². The highest BCUT2D eigenvalue weighted by Gasteiger charge is 2.50. The number of rotatable bonds is 5. The van der Waals surface area contributed by atoms with Gasteiger partial charge in [-0.25, -0.2) is 4.79 Å². The van der Waals surface area contributed by atoms with E-state index >= 15 is 0 Å². The first-order chi connectivity index (χ1) is 11.3. The van der Waals surface area contributed by atoms with E-state index in [1.165, 1.54) is 11.1 Å². The summed E-state index contributed by atoms with van der Waals surface area (Å²) in [7, 11) is 0. The van der Waals surface area contributed by atoms with Crippen molar-refractivity contribution >= 4 is 11.5 Å². The molecule has 2 rings (SSSR count). The van der Waals surface area contributed by atoms with E-state index in [1.54, 1.807) is 39.0 Å². The van der Waals surface area contributed by atoms with Crippen LogP contribution in [0.15, 0.2) is 29.8 Å². The number of ether oxygens (including phenoxy) is 1. The molecular formula is C17H20F3NO3. The first-order valence-corrected chi connectivity index (χ1v) is 7.86. The van der Waals surface area contributed by atoms with E-state index in [0.717, 1.165) is 0 Å². The molecule has 24 heavy (non-hydrogen) atoms. The summed E-state index contributed by atoms with van der Waals surface area (Å²) in [5.41, 5.74) is 0.318. The second-order valence-corrected chi connectivity index (χ2v) is 5.27. The average molecular weight is 343 g/mol. The maximum absolute atomic E-state index is 13.5. The van der Waals surface area contributed by atoms with E-state index in [-0.39, 0.29) is 12.2 Å². The molecule has 0 fully saturated rings. The van der Waals surface area contributed by atoms with E-state index in [9.17, 15) is 18.0 Å². The molecule has 0 radical (unpaired) electrons. The van der Waals surface area contributed by atoms with Crippen LogP contribution in [0.5, 0.6) is 5.75 Å². The Morgan fingerprint density at radius 2 is 1.83 bits per heavy atom. The highest BCUT2D eigenvalue weighted by Crippen LogP contribution is 2.42. The number of hydroxylamine groups is 2. The lowest BCUT2D eigenvalue weighted by molar-refractivity contribution is -0.201. The van der Waals surface area contributed by atoms with Crippen LogP contribution in [0.2, 0.25) is 0 Å². The average Bonchev–Trinajstić information content (AvgIpc) is 2.56. The number of alkyl halides is 3. The molecule has 1 atom stereocenters. The van der Waals surface area contributed by atoms with Crippen molar-refractivity contribution in [3.05, 3.63) is 35.4 Å². The zero-order chi connectivity index (χ0) is 17.9. The first kappa shape index (κ1) is 18.3.